The van der Waals surface area contributed by atoms with Crippen molar-refractivity contribution in [2.75, 3.05) is 26.8 Å². The molecule has 0 saturated carbocycles. The van der Waals surface area contributed by atoms with Crippen molar-refractivity contribution < 1.29 is 14.3 Å². The van der Waals surface area contributed by atoms with Crippen LogP contribution in [0.4, 0.5) is 0 Å². The Hall–Kier alpha value is -2.79. The Balaban J connectivity index is 1.53. The van der Waals surface area contributed by atoms with E-state index in [1.165, 1.54) is 0 Å². The lowest BCUT2D eigenvalue weighted by molar-refractivity contribution is -0.132. The highest BCUT2D eigenvalue weighted by atomic mass is 35.5. The van der Waals surface area contributed by atoms with Crippen LogP contribution in [-0.2, 0) is 4.79 Å². The molecule has 0 unspecified atom stereocenters. The molecule has 0 aliphatic heterocycles. The molecule has 6 heteroatoms. The third-order valence-corrected chi connectivity index (χ3v) is 4.22. The molecule has 0 spiro atoms. The zero-order valence-corrected chi connectivity index (χ0v) is 15.1. The minimum atomic E-state index is -0.138. The summed E-state index contributed by atoms with van der Waals surface area (Å²) in [5.74, 6) is 1.18. The largest absolute Gasteiger partial charge is 0.492 e. The van der Waals surface area contributed by atoms with Crippen LogP contribution in [0.25, 0.3) is 10.9 Å². The van der Waals surface area contributed by atoms with Gasteiger partial charge in [0.2, 0.25) is 0 Å². The standard InChI is InChI=1S/C20H19ClN2O3/c1-23(12-13-25-15-6-3-2-4-7-15)19(24)14-26-18-10-9-17(21)16-8-5-11-22-20(16)18/h2-11H,12-14H2,1H3. The molecule has 1 aromatic heterocycles. The third kappa shape index (κ3) is 4.43. The molecule has 2 aromatic carbocycles. The lowest BCUT2D eigenvalue weighted by Gasteiger charge is -2.18. The number of pyridine rings is 1. The first-order valence-electron chi connectivity index (χ1n) is 8.23. The molecule has 134 valence electrons. The Morgan fingerprint density at radius 1 is 1.08 bits per heavy atom. The van der Waals surface area contributed by atoms with Gasteiger partial charge in [-0.1, -0.05) is 29.8 Å². The molecule has 0 atom stereocenters. The Morgan fingerprint density at radius 3 is 2.69 bits per heavy atom. The van der Waals surface area contributed by atoms with Gasteiger partial charge in [-0.25, -0.2) is 0 Å². The Labute approximate surface area is 157 Å². The summed E-state index contributed by atoms with van der Waals surface area (Å²) < 4.78 is 11.3. The summed E-state index contributed by atoms with van der Waals surface area (Å²) in [4.78, 5) is 18.1. The Kier molecular flexibility index (Phi) is 5.92. The molecule has 3 rings (SSSR count). The predicted octanol–water partition coefficient (Wildman–Crippen LogP) is 3.80. The lowest BCUT2D eigenvalue weighted by atomic mass is 10.2. The number of hydrogen-bond acceptors (Lipinski definition) is 4. The molecule has 0 saturated heterocycles. The van der Waals surface area contributed by atoms with Crippen LogP contribution in [0, 0.1) is 0 Å². The van der Waals surface area contributed by atoms with Crippen molar-refractivity contribution >= 4 is 28.4 Å². The van der Waals surface area contributed by atoms with Gasteiger partial charge in [0.25, 0.3) is 5.91 Å². The van der Waals surface area contributed by atoms with Crippen molar-refractivity contribution in [3.63, 3.8) is 0 Å². The molecule has 1 heterocycles. The summed E-state index contributed by atoms with van der Waals surface area (Å²) in [7, 11) is 1.72. The van der Waals surface area contributed by atoms with Crippen molar-refractivity contribution in [3.05, 3.63) is 65.8 Å². The molecular weight excluding hydrogens is 352 g/mol. The van der Waals surface area contributed by atoms with Crippen LogP contribution < -0.4 is 9.47 Å². The molecule has 3 aromatic rings. The van der Waals surface area contributed by atoms with Crippen molar-refractivity contribution in [3.8, 4) is 11.5 Å². The van der Waals surface area contributed by atoms with Gasteiger partial charge in [0.1, 0.15) is 23.6 Å². The van der Waals surface area contributed by atoms with E-state index in [2.05, 4.69) is 4.98 Å². The monoisotopic (exact) mass is 370 g/mol. The van der Waals surface area contributed by atoms with Gasteiger partial charge in [-0.3, -0.25) is 9.78 Å². The van der Waals surface area contributed by atoms with E-state index < -0.39 is 0 Å². The van der Waals surface area contributed by atoms with Crippen molar-refractivity contribution in [2.45, 2.75) is 0 Å². The number of nitrogens with zero attached hydrogens (tertiary/aromatic N) is 2. The molecule has 5 nitrogen and oxygen atoms in total. The van der Waals surface area contributed by atoms with E-state index in [0.717, 1.165) is 11.1 Å². The van der Waals surface area contributed by atoms with Gasteiger partial charge < -0.3 is 14.4 Å². The maximum atomic E-state index is 12.3. The normalized spacial score (nSPS) is 10.5. The zero-order chi connectivity index (χ0) is 18.4. The van der Waals surface area contributed by atoms with E-state index in [1.807, 2.05) is 42.5 Å². The second kappa shape index (κ2) is 8.54. The number of halogens is 1. The van der Waals surface area contributed by atoms with Gasteiger partial charge in [-0.2, -0.15) is 0 Å². The minimum Gasteiger partial charge on any atom is -0.492 e. The number of carbonyl (C=O) groups excluding carboxylic acids is 1. The van der Waals surface area contributed by atoms with Gasteiger partial charge in [0, 0.05) is 18.6 Å². The van der Waals surface area contributed by atoms with Crippen LogP contribution in [0.5, 0.6) is 11.5 Å². The van der Waals surface area contributed by atoms with E-state index >= 15 is 0 Å². The van der Waals surface area contributed by atoms with Crippen molar-refractivity contribution in [1.82, 2.24) is 9.88 Å². The van der Waals surface area contributed by atoms with E-state index in [-0.39, 0.29) is 12.5 Å². The fourth-order valence-electron chi connectivity index (χ4n) is 2.42. The number of benzene rings is 2. The van der Waals surface area contributed by atoms with Crippen LogP contribution in [0.2, 0.25) is 5.02 Å². The first-order valence-corrected chi connectivity index (χ1v) is 8.61. The van der Waals surface area contributed by atoms with Crippen LogP contribution in [0.3, 0.4) is 0 Å². The number of carbonyl (C=O) groups is 1. The zero-order valence-electron chi connectivity index (χ0n) is 14.4. The molecule has 1 amide bonds. The fraction of sp³-hybridized carbons (Fsp3) is 0.200. The van der Waals surface area contributed by atoms with Gasteiger partial charge in [0.15, 0.2) is 6.61 Å². The Bertz CT molecular complexity index is 887. The van der Waals surface area contributed by atoms with Crippen molar-refractivity contribution in [1.29, 1.82) is 0 Å². The quantitative estimate of drug-likeness (QED) is 0.634. The number of likely N-dealkylation sites (N-methyl/N-ethyl adjacent to an activating group) is 1. The molecule has 0 bridgehead atoms. The lowest BCUT2D eigenvalue weighted by Crippen LogP contribution is -2.34. The highest BCUT2D eigenvalue weighted by molar-refractivity contribution is 6.35. The fourth-order valence-corrected chi connectivity index (χ4v) is 2.64. The van der Waals surface area contributed by atoms with Crippen LogP contribution in [0.15, 0.2) is 60.8 Å². The number of rotatable bonds is 7. The highest BCUT2D eigenvalue weighted by Crippen LogP contribution is 2.29. The summed E-state index contributed by atoms with van der Waals surface area (Å²) in [6.45, 7) is 0.809. The van der Waals surface area contributed by atoms with Crippen LogP contribution in [-0.4, -0.2) is 42.6 Å². The molecule has 0 radical (unpaired) electrons. The number of aromatic nitrogens is 1. The van der Waals surface area contributed by atoms with E-state index in [0.29, 0.717) is 29.4 Å². The molecule has 26 heavy (non-hydrogen) atoms. The second-order valence-electron chi connectivity index (χ2n) is 5.71. The smallest absolute Gasteiger partial charge is 0.260 e. The summed E-state index contributed by atoms with van der Waals surface area (Å²) in [5.41, 5.74) is 0.642. The van der Waals surface area contributed by atoms with E-state index in [9.17, 15) is 4.79 Å². The predicted molar refractivity (Wildman–Crippen MR) is 102 cm³/mol. The number of fused-ring (bicyclic) bond motifs is 1. The van der Waals surface area contributed by atoms with Gasteiger partial charge in [-0.15, -0.1) is 0 Å². The summed E-state index contributed by atoms with van der Waals surface area (Å²) in [5, 5.41) is 1.39. The summed E-state index contributed by atoms with van der Waals surface area (Å²) in [6, 6.07) is 16.6. The van der Waals surface area contributed by atoms with Gasteiger partial charge in [-0.05, 0) is 36.4 Å². The van der Waals surface area contributed by atoms with Gasteiger partial charge in [0.05, 0.1) is 11.6 Å². The second-order valence-corrected chi connectivity index (χ2v) is 6.12. The molecule has 0 N–H and O–H groups in total. The maximum absolute atomic E-state index is 12.3. The van der Waals surface area contributed by atoms with Crippen molar-refractivity contribution in [2.24, 2.45) is 0 Å². The van der Waals surface area contributed by atoms with Crippen LogP contribution >= 0.6 is 11.6 Å². The SMILES string of the molecule is CN(CCOc1ccccc1)C(=O)COc1ccc(Cl)c2cccnc12. The maximum Gasteiger partial charge on any atom is 0.260 e. The molecular formula is C20H19ClN2O3. The van der Waals surface area contributed by atoms with Crippen LogP contribution in [0.1, 0.15) is 0 Å². The minimum absolute atomic E-state index is 0.0743. The van der Waals surface area contributed by atoms with E-state index in [4.69, 9.17) is 21.1 Å². The molecule has 0 aliphatic rings. The topological polar surface area (TPSA) is 51.7 Å². The first kappa shape index (κ1) is 18.0. The number of para-hydroxylation sites is 1. The third-order valence-electron chi connectivity index (χ3n) is 3.89. The first-order chi connectivity index (χ1) is 12.6. The number of hydrogen-bond donors (Lipinski definition) is 0. The Morgan fingerprint density at radius 2 is 1.88 bits per heavy atom. The average Bonchev–Trinajstić information content (AvgIpc) is 2.68. The highest BCUT2D eigenvalue weighted by Gasteiger charge is 2.12. The molecule has 0 aliphatic carbocycles. The number of ether oxygens (including phenoxy) is 2. The summed E-state index contributed by atoms with van der Waals surface area (Å²) in [6.07, 6.45) is 1.67. The average molecular weight is 371 g/mol. The van der Waals surface area contributed by atoms with E-state index in [1.54, 1.807) is 30.3 Å². The number of amides is 1. The van der Waals surface area contributed by atoms with Gasteiger partial charge >= 0.3 is 0 Å². The summed E-state index contributed by atoms with van der Waals surface area (Å²) >= 11 is 6.17. The molecule has 0 fully saturated rings.